The van der Waals surface area contributed by atoms with Gasteiger partial charge >= 0.3 is 0 Å². The lowest BCUT2D eigenvalue weighted by molar-refractivity contribution is -0.145. The first-order valence-electron chi connectivity index (χ1n) is 13.1. The Balaban J connectivity index is 1.46. The number of Topliss-reactive ketones (excluding diaryl/α,β-unsaturated/α-hetero) is 1. The molecule has 2 heterocycles. The van der Waals surface area contributed by atoms with Crippen molar-refractivity contribution in [1.82, 2.24) is 20.4 Å². The van der Waals surface area contributed by atoms with E-state index in [0.717, 1.165) is 58.0 Å². The molecule has 8 nitrogen and oxygen atoms in total. The third-order valence-electron chi connectivity index (χ3n) is 8.08. The largest absolute Gasteiger partial charge is 0.347 e. The topological polar surface area (TPSA) is 98.8 Å². The van der Waals surface area contributed by atoms with Crippen molar-refractivity contribution in [3.63, 3.8) is 0 Å². The van der Waals surface area contributed by atoms with Crippen LogP contribution in [0.4, 0.5) is 0 Å². The molecule has 2 aliphatic heterocycles. The summed E-state index contributed by atoms with van der Waals surface area (Å²) in [6, 6.07) is -1.52. The van der Waals surface area contributed by atoms with Crippen LogP contribution in [-0.4, -0.2) is 77.1 Å². The lowest BCUT2D eigenvalue weighted by Gasteiger charge is -2.36. The van der Waals surface area contributed by atoms with E-state index in [-0.39, 0.29) is 29.8 Å². The molecule has 2 N–H and O–H groups in total. The number of hydrogen-bond donors (Lipinski definition) is 2. The molecule has 0 aromatic heterocycles. The van der Waals surface area contributed by atoms with Gasteiger partial charge in [0.05, 0.1) is 12.1 Å². The van der Waals surface area contributed by atoms with E-state index in [1.807, 2.05) is 13.8 Å². The Kier molecular flexibility index (Phi) is 7.72. The van der Waals surface area contributed by atoms with Crippen LogP contribution in [0.2, 0.25) is 0 Å². The van der Waals surface area contributed by atoms with E-state index in [2.05, 4.69) is 15.5 Å². The highest BCUT2D eigenvalue weighted by molar-refractivity contribution is 6.38. The highest BCUT2D eigenvalue weighted by atomic mass is 16.2. The van der Waals surface area contributed by atoms with E-state index in [4.69, 9.17) is 0 Å². The van der Waals surface area contributed by atoms with E-state index in [0.29, 0.717) is 25.3 Å². The summed E-state index contributed by atoms with van der Waals surface area (Å²) < 4.78 is 0. The minimum atomic E-state index is -0.835. The summed E-state index contributed by atoms with van der Waals surface area (Å²) in [5.74, 6) is -0.937. The number of carbonyl (C=O) groups excluding carboxylic acids is 4. The lowest BCUT2D eigenvalue weighted by Crippen LogP contribution is -2.57. The van der Waals surface area contributed by atoms with Gasteiger partial charge in [0.15, 0.2) is 0 Å². The van der Waals surface area contributed by atoms with Gasteiger partial charge in [0.25, 0.3) is 5.91 Å². The number of carbonyl (C=O) groups is 4. The van der Waals surface area contributed by atoms with E-state index in [9.17, 15) is 19.2 Å². The molecule has 4 rings (SSSR count). The molecule has 184 valence electrons. The second-order valence-electron chi connectivity index (χ2n) is 10.5. The fourth-order valence-corrected chi connectivity index (χ4v) is 6.03. The van der Waals surface area contributed by atoms with E-state index in [1.165, 1.54) is 6.42 Å². The average Bonchev–Trinajstić information content (AvgIpc) is 3.38. The molecule has 0 aromatic carbocycles. The first-order valence-corrected chi connectivity index (χ1v) is 13.1. The molecule has 2 saturated heterocycles. The van der Waals surface area contributed by atoms with Crippen LogP contribution in [0.5, 0.6) is 0 Å². The number of hydrogen-bond acceptors (Lipinski definition) is 5. The fourth-order valence-electron chi connectivity index (χ4n) is 6.03. The van der Waals surface area contributed by atoms with Crippen molar-refractivity contribution in [2.24, 2.45) is 11.8 Å². The number of piperidine rings is 1. The molecule has 2 saturated carbocycles. The molecular weight excluding hydrogens is 420 g/mol. The summed E-state index contributed by atoms with van der Waals surface area (Å²) in [6.45, 7) is 6.36. The van der Waals surface area contributed by atoms with Crippen molar-refractivity contribution in [3.8, 4) is 0 Å². The van der Waals surface area contributed by atoms with Crippen molar-refractivity contribution in [1.29, 1.82) is 0 Å². The van der Waals surface area contributed by atoms with Crippen molar-refractivity contribution in [3.05, 3.63) is 0 Å². The van der Waals surface area contributed by atoms with Gasteiger partial charge in [-0.15, -0.1) is 0 Å². The van der Waals surface area contributed by atoms with Crippen LogP contribution in [-0.2, 0) is 19.2 Å². The number of amides is 3. The Bertz CT molecular complexity index is 762. The van der Waals surface area contributed by atoms with E-state index in [1.54, 1.807) is 4.90 Å². The van der Waals surface area contributed by atoms with Crippen LogP contribution in [0.25, 0.3) is 0 Å². The predicted octanol–water partition coefficient (Wildman–Crippen LogP) is 1.62. The van der Waals surface area contributed by atoms with Gasteiger partial charge in [-0.1, -0.05) is 26.2 Å². The fraction of sp³-hybridized carbons (Fsp3) is 0.840. The molecule has 0 aromatic rings. The van der Waals surface area contributed by atoms with Crippen LogP contribution in [0, 0.1) is 11.8 Å². The van der Waals surface area contributed by atoms with Gasteiger partial charge in [-0.05, 0) is 76.8 Å². The Labute approximate surface area is 197 Å². The summed E-state index contributed by atoms with van der Waals surface area (Å²) >= 11 is 0. The number of fused-ring (bicyclic) bond motifs is 1. The van der Waals surface area contributed by atoms with Crippen LogP contribution >= 0.6 is 0 Å². The number of rotatable bonds is 9. The minimum Gasteiger partial charge on any atom is -0.347 e. The lowest BCUT2D eigenvalue weighted by atomic mass is 9.93. The smallest absolute Gasteiger partial charge is 0.289 e. The Morgan fingerprint density at radius 2 is 1.70 bits per heavy atom. The number of likely N-dealkylation sites (tertiary alicyclic amines) is 2. The molecule has 0 bridgehead atoms. The zero-order chi connectivity index (χ0) is 23.5. The molecule has 3 amide bonds. The monoisotopic (exact) mass is 460 g/mol. The molecule has 0 radical (unpaired) electrons. The Hall–Kier alpha value is -1.96. The first kappa shape index (κ1) is 24.2. The van der Waals surface area contributed by atoms with Crippen molar-refractivity contribution >= 4 is 23.5 Å². The van der Waals surface area contributed by atoms with Gasteiger partial charge in [-0.25, -0.2) is 0 Å². The number of ketones is 1. The van der Waals surface area contributed by atoms with Crippen molar-refractivity contribution in [2.45, 2.75) is 102 Å². The molecule has 0 spiro atoms. The second-order valence-corrected chi connectivity index (χ2v) is 10.5. The summed E-state index contributed by atoms with van der Waals surface area (Å²) in [4.78, 5) is 56.3. The summed E-state index contributed by atoms with van der Waals surface area (Å²) in [5, 5.41) is 5.63. The van der Waals surface area contributed by atoms with Crippen LogP contribution in [0.1, 0.15) is 78.1 Å². The molecule has 8 heteroatoms. The van der Waals surface area contributed by atoms with Gasteiger partial charge in [0, 0.05) is 12.6 Å². The van der Waals surface area contributed by atoms with Crippen LogP contribution in [0.3, 0.4) is 0 Å². The van der Waals surface area contributed by atoms with Gasteiger partial charge in [0.2, 0.25) is 17.6 Å². The van der Waals surface area contributed by atoms with Crippen LogP contribution < -0.4 is 10.6 Å². The van der Waals surface area contributed by atoms with Crippen molar-refractivity contribution in [2.75, 3.05) is 19.6 Å². The Morgan fingerprint density at radius 3 is 2.36 bits per heavy atom. The predicted molar refractivity (Wildman–Crippen MR) is 124 cm³/mol. The standard InChI is InChI=1S/C25H40N4O4/c1-3-8-20(22(30)24(32)26-18-11-12-18)27-23(31)21-19-10-7-9-17(19)15-29(21)25(33)16(2)28-13-5-4-6-14-28/h16-21H,3-15H2,1-2H3,(H,26,32)(H,27,31)/t16?,17-,19-,20?,21-/m0/s1. The summed E-state index contributed by atoms with van der Waals surface area (Å²) in [6.07, 6.45) is 9.37. The minimum absolute atomic E-state index is 0.0243. The highest BCUT2D eigenvalue weighted by Gasteiger charge is 2.51. The maximum Gasteiger partial charge on any atom is 0.289 e. The maximum absolute atomic E-state index is 13.5. The van der Waals surface area contributed by atoms with Crippen molar-refractivity contribution < 1.29 is 19.2 Å². The summed E-state index contributed by atoms with van der Waals surface area (Å²) in [7, 11) is 0. The molecule has 33 heavy (non-hydrogen) atoms. The van der Waals surface area contributed by atoms with Gasteiger partial charge < -0.3 is 15.5 Å². The first-order chi connectivity index (χ1) is 15.9. The number of nitrogens with one attached hydrogen (secondary N) is 2. The average molecular weight is 461 g/mol. The third-order valence-corrected chi connectivity index (χ3v) is 8.08. The Morgan fingerprint density at radius 1 is 0.970 bits per heavy atom. The SMILES string of the molecule is CCCC(NC(=O)[C@@H]1[C@H]2CCC[C@H]2CN1C(=O)C(C)N1CCCCC1)C(=O)C(=O)NC1CC1. The van der Waals surface area contributed by atoms with Gasteiger partial charge in [-0.2, -0.15) is 0 Å². The molecular formula is C25H40N4O4. The summed E-state index contributed by atoms with van der Waals surface area (Å²) in [5.41, 5.74) is 0. The van der Waals surface area contributed by atoms with Gasteiger partial charge in [-0.3, -0.25) is 24.1 Å². The maximum atomic E-state index is 13.5. The normalized spacial score (nSPS) is 29.3. The zero-order valence-electron chi connectivity index (χ0n) is 20.2. The molecule has 4 aliphatic rings. The van der Waals surface area contributed by atoms with Gasteiger partial charge in [0.1, 0.15) is 6.04 Å². The van der Waals surface area contributed by atoms with Crippen LogP contribution in [0.15, 0.2) is 0 Å². The second kappa shape index (κ2) is 10.5. The third kappa shape index (κ3) is 5.42. The zero-order valence-corrected chi connectivity index (χ0v) is 20.2. The quantitative estimate of drug-likeness (QED) is 0.510. The molecule has 2 aliphatic carbocycles. The highest BCUT2D eigenvalue weighted by Crippen LogP contribution is 2.42. The van der Waals surface area contributed by atoms with E-state index < -0.39 is 23.8 Å². The molecule has 2 unspecified atom stereocenters. The number of nitrogens with zero attached hydrogens (tertiary/aromatic N) is 2. The van der Waals surface area contributed by atoms with E-state index >= 15 is 0 Å². The molecule has 5 atom stereocenters. The molecule has 4 fully saturated rings.